The fraction of sp³-hybridized carbons (Fsp3) is 0.500. The van der Waals surface area contributed by atoms with Crippen molar-refractivity contribution in [2.24, 2.45) is 11.3 Å². The fourth-order valence-corrected chi connectivity index (χ4v) is 4.79. The summed E-state index contributed by atoms with van der Waals surface area (Å²) in [7, 11) is 4.05. The van der Waals surface area contributed by atoms with Gasteiger partial charge in [-0.1, -0.05) is 49.4 Å². The van der Waals surface area contributed by atoms with Crippen molar-refractivity contribution in [3.8, 4) is 0 Å². The predicted molar refractivity (Wildman–Crippen MR) is 92.4 cm³/mol. The molecule has 0 amide bonds. The van der Waals surface area contributed by atoms with E-state index in [4.69, 9.17) is 4.74 Å². The summed E-state index contributed by atoms with van der Waals surface area (Å²) in [6.45, 7) is 3.40. The molecule has 0 N–H and O–H groups in total. The molecule has 3 unspecified atom stereocenters. The average molecular weight is 310 g/mol. The molecular formula is C20H26N2O. The Bertz CT molecular complexity index is 638. The average Bonchev–Trinajstić information content (AvgIpc) is 3.01. The Labute approximate surface area is 139 Å². The maximum Gasteiger partial charge on any atom is 0.110 e. The number of ether oxygens (including phenoxy) is 1. The summed E-state index contributed by atoms with van der Waals surface area (Å²) >= 11 is 0. The summed E-state index contributed by atoms with van der Waals surface area (Å²) in [5.41, 5.74) is 3.07. The predicted octanol–water partition coefficient (Wildman–Crippen LogP) is 3.60. The normalized spacial score (nSPS) is 35.3. The minimum atomic E-state index is 0.173. The van der Waals surface area contributed by atoms with Crippen molar-refractivity contribution in [2.45, 2.75) is 38.6 Å². The molecule has 23 heavy (non-hydrogen) atoms. The zero-order valence-corrected chi connectivity index (χ0v) is 14.3. The number of allylic oxidation sites excluding steroid dienone is 1. The molecule has 122 valence electrons. The lowest BCUT2D eigenvalue weighted by Crippen LogP contribution is -2.43. The maximum atomic E-state index is 5.67. The van der Waals surface area contributed by atoms with Gasteiger partial charge < -0.3 is 14.5 Å². The second-order valence-corrected chi connectivity index (χ2v) is 7.35. The third kappa shape index (κ3) is 2.21. The van der Waals surface area contributed by atoms with E-state index in [2.05, 4.69) is 72.5 Å². The van der Waals surface area contributed by atoms with Crippen molar-refractivity contribution in [1.29, 1.82) is 0 Å². The molecular weight excluding hydrogens is 284 g/mol. The van der Waals surface area contributed by atoms with Gasteiger partial charge in [0.05, 0.1) is 6.10 Å². The molecule has 4 rings (SSSR count). The van der Waals surface area contributed by atoms with Crippen LogP contribution in [0.2, 0.25) is 0 Å². The molecule has 4 atom stereocenters. The van der Waals surface area contributed by atoms with Crippen LogP contribution in [0.4, 0.5) is 0 Å². The summed E-state index contributed by atoms with van der Waals surface area (Å²) in [6.07, 6.45) is 10.0. The first-order chi connectivity index (χ1) is 11.1. The third-order valence-corrected chi connectivity index (χ3v) is 5.96. The number of likely N-dealkylation sites (tertiary alicyclic amines) is 1. The quantitative estimate of drug-likeness (QED) is 0.848. The second kappa shape index (κ2) is 5.41. The molecule has 0 bridgehead atoms. The molecule has 1 aromatic carbocycles. The van der Waals surface area contributed by atoms with Crippen molar-refractivity contribution < 1.29 is 4.74 Å². The Morgan fingerprint density at radius 1 is 1.26 bits per heavy atom. The number of fused-ring (bicyclic) bond motifs is 3. The van der Waals surface area contributed by atoms with Crippen LogP contribution >= 0.6 is 0 Å². The Kier molecular flexibility index (Phi) is 3.49. The van der Waals surface area contributed by atoms with E-state index in [0.29, 0.717) is 18.2 Å². The Morgan fingerprint density at radius 2 is 2.04 bits per heavy atom. The lowest BCUT2D eigenvalue weighted by atomic mass is 9.73. The Morgan fingerprint density at radius 3 is 2.78 bits per heavy atom. The summed E-state index contributed by atoms with van der Waals surface area (Å²) in [4.78, 5) is 5.00. The van der Waals surface area contributed by atoms with Crippen LogP contribution < -0.4 is 0 Å². The van der Waals surface area contributed by atoms with E-state index < -0.39 is 0 Å². The SMILES string of the molecule is CO[C@H]1CC=C2C(C1)C1(C)C=CN(C)C1N2Cc1ccccc1. The highest BCUT2D eigenvalue weighted by atomic mass is 16.5. The summed E-state index contributed by atoms with van der Waals surface area (Å²) in [5.74, 6) is 0.552. The van der Waals surface area contributed by atoms with Crippen molar-refractivity contribution in [3.63, 3.8) is 0 Å². The minimum Gasteiger partial charge on any atom is -0.381 e. The first-order valence-electron chi connectivity index (χ1n) is 8.58. The lowest BCUT2D eigenvalue weighted by molar-refractivity contribution is 0.0609. The molecule has 3 heteroatoms. The van der Waals surface area contributed by atoms with Gasteiger partial charge in [-0.05, 0) is 24.6 Å². The molecule has 3 nitrogen and oxygen atoms in total. The van der Waals surface area contributed by atoms with Crippen LogP contribution in [0.5, 0.6) is 0 Å². The van der Waals surface area contributed by atoms with Gasteiger partial charge in [0, 0.05) is 37.7 Å². The highest BCUT2D eigenvalue weighted by Gasteiger charge is 2.56. The summed E-state index contributed by atoms with van der Waals surface area (Å²) in [5, 5.41) is 0. The smallest absolute Gasteiger partial charge is 0.110 e. The monoisotopic (exact) mass is 310 g/mol. The largest absolute Gasteiger partial charge is 0.381 e. The molecule has 3 aliphatic rings. The molecule has 1 aliphatic carbocycles. The molecule has 0 spiro atoms. The van der Waals surface area contributed by atoms with E-state index in [1.165, 1.54) is 11.3 Å². The number of rotatable bonds is 3. The van der Waals surface area contributed by atoms with Crippen molar-refractivity contribution in [1.82, 2.24) is 9.80 Å². The lowest BCUT2D eigenvalue weighted by Gasteiger charge is -2.36. The fourth-order valence-electron chi connectivity index (χ4n) is 4.79. The number of hydrogen-bond donors (Lipinski definition) is 0. The van der Waals surface area contributed by atoms with E-state index in [-0.39, 0.29) is 5.41 Å². The Balaban J connectivity index is 1.71. The second-order valence-electron chi connectivity index (χ2n) is 7.35. The standard InChI is InChI=1S/C20H26N2O/c1-20-11-12-21(2)19(20)22(14-15-7-5-4-6-8-15)18-10-9-16(23-3)13-17(18)20/h4-8,10-12,16-17,19H,9,13-14H2,1-3H3/t16-,17?,19?,20?/m0/s1. The highest BCUT2D eigenvalue weighted by Crippen LogP contribution is 2.56. The van der Waals surface area contributed by atoms with Crippen LogP contribution in [-0.2, 0) is 11.3 Å². The van der Waals surface area contributed by atoms with E-state index >= 15 is 0 Å². The minimum absolute atomic E-state index is 0.173. The van der Waals surface area contributed by atoms with Gasteiger partial charge in [-0.15, -0.1) is 0 Å². The maximum absolute atomic E-state index is 5.67. The molecule has 1 saturated heterocycles. The molecule has 1 fully saturated rings. The number of methoxy groups -OCH3 is 1. The number of nitrogens with zero attached hydrogens (tertiary/aromatic N) is 2. The molecule has 1 aromatic rings. The van der Waals surface area contributed by atoms with Crippen LogP contribution in [0.15, 0.2) is 54.4 Å². The van der Waals surface area contributed by atoms with Gasteiger partial charge in [-0.2, -0.15) is 0 Å². The van der Waals surface area contributed by atoms with Crippen LogP contribution in [0, 0.1) is 11.3 Å². The van der Waals surface area contributed by atoms with Gasteiger partial charge in [-0.25, -0.2) is 0 Å². The van der Waals surface area contributed by atoms with E-state index in [1.807, 2.05) is 7.11 Å². The number of benzene rings is 1. The van der Waals surface area contributed by atoms with Crippen LogP contribution in [-0.4, -0.2) is 36.2 Å². The van der Waals surface area contributed by atoms with Crippen molar-refractivity contribution in [2.75, 3.05) is 14.2 Å². The molecule has 0 aromatic heterocycles. The first-order valence-corrected chi connectivity index (χ1v) is 8.58. The molecule has 2 aliphatic heterocycles. The van der Waals surface area contributed by atoms with Gasteiger partial charge in [0.25, 0.3) is 0 Å². The topological polar surface area (TPSA) is 15.7 Å². The van der Waals surface area contributed by atoms with Crippen molar-refractivity contribution >= 4 is 0 Å². The highest BCUT2D eigenvalue weighted by molar-refractivity contribution is 5.32. The van der Waals surface area contributed by atoms with Crippen LogP contribution in [0.3, 0.4) is 0 Å². The molecule has 0 radical (unpaired) electrons. The van der Waals surface area contributed by atoms with Gasteiger partial charge in [0.1, 0.15) is 6.17 Å². The van der Waals surface area contributed by atoms with Crippen molar-refractivity contribution in [3.05, 3.63) is 59.9 Å². The first kappa shape index (κ1) is 14.8. The van der Waals surface area contributed by atoms with E-state index in [1.54, 1.807) is 0 Å². The summed E-state index contributed by atoms with van der Waals surface area (Å²) < 4.78 is 5.67. The zero-order chi connectivity index (χ0) is 16.0. The van der Waals surface area contributed by atoms with Crippen LogP contribution in [0.25, 0.3) is 0 Å². The van der Waals surface area contributed by atoms with Gasteiger partial charge in [0.2, 0.25) is 0 Å². The number of hydrogen-bond acceptors (Lipinski definition) is 3. The third-order valence-electron chi connectivity index (χ3n) is 5.96. The summed E-state index contributed by atoms with van der Waals surface area (Å²) in [6, 6.07) is 10.8. The Hall–Kier alpha value is -1.74. The van der Waals surface area contributed by atoms with Crippen LogP contribution in [0.1, 0.15) is 25.3 Å². The van der Waals surface area contributed by atoms with Gasteiger partial charge in [-0.3, -0.25) is 0 Å². The van der Waals surface area contributed by atoms with Gasteiger partial charge in [0.15, 0.2) is 0 Å². The molecule has 2 heterocycles. The zero-order valence-electron chi connectivity index (χ0n) is 14.3. The van der Waals surface area contributed by atoms with E-state index in [0.717, 1.165) is 19.4 Å². The van der Waals surface area contributed by atoms with Gasteiger partial charge >= 0.3 is 0 Å². The van der Waals surface area contributed by atoms with E-state index in [9.17, 15) is 0 Å². The molecule has 0 saturated carbocycles.